The maximum atomic E-state index is 11.8. The first kappa shape index (κ1) is 13.5. The number of aliphatic carboxylic acids is 1. The first-order valence-corrected chi connectivity index (χ1v) is 6.37. The Balaban J connectivity index is 2.25. The van der Waals surface area contributed by atoms with Crippen molar-refractivity contribution in [3.63, 3.8) is 0 Å². The zero-order valence-electron chi connectivity index (χ0n) is 9.59. The van der Waals surface area contributed by atoms with Crippen molar-refractivity contribution in [1.82, 2.24) is 10.2 Å². The quantitative estimate of drug-likeness (QED) is 0.475. The van der Waals surface area contributed by atoms with E-state index in [4.69, 9.17) is 5.11 Å². The number of carbonyl (C=O) groups excluding carboxylic acids is 2. The molecule has 0 spiro atoms. The molecule has 1 aromatic rings. The van der Waals surface area contributed by atoms with Crippen molar-refractivity contribution in [3.05, 3.63) is 39.1 Å². The van der Waals surface area contributed by atoms with E-state index in [-0.39, 0.29) is 5.70 Å². The van der Waals surface area contributed by atoms with Gasteiger partial charge >= 0.3 is 12.0 Å². The lowest BCUT2D eigenvalue weighted by atomic mass is 10.2. The van der Waals surface area contributed by atoms with Crippen molar-refractivity contribution in [2.24, 2.45) is 0 Å². The van der Waals surface area contributed by atoms with Crippen molar-refractivity contribution < 1.29 is 19.5 Å². The number of amides is 3. The van der Waals surface area contributed by atoms with E-state index in [1.165, 1.54) is 6.08 Å². The van der Waals surface area contributed by atoms with Crippen molar-refractivity contribution in [2.45, 2.75) is 0 Å². The van der Waals surface area contributed by atoms with Crippen molar-refractivity contribution in [2.75, 3.05) is 6.54 Å². The van der Waals surface area contributed by atoms with E-state index in [1.807, 2.05) is 18.2 Å². The number of benzene rings is 1. The number of nitrogens with one attached hydrogen (secondary N) is 1. The summed E-state index contributed by atoms with van der Waals surface area (Å²) in [6.07, 6.45) is 1.52. The highest BCUT2D eigenvalue weighted by molar-refractivity contribution is 14.1. The van der Waals surface area contributed by atoms with Crippen LogP contribution >= 0.6 is 22.6 Å². The Morgan fingerprint density at radius 3 is 2.79 bits per heavy atom. The second-order valence-electron chi connectivity index (χ2n) is 3.83. The third-order valence-electron chi connectivity index (χ3n) is 2.42. The van der Waals surface area contributed by atoms with Gasteiger partial charge in [-0.1, -0.05) is 12.1 Å². The standard InChI is InChI=1S/C12H9IN2O4/c13-8-3-1-2-7(4-8)5-9-11(18)15(6-10(16)17)12(19)14-9/h1-5H,6H2,(H,14,19)(H,16,17)/b9-5+. The fraction of sp³-hybridized carbons (Fsp3) is 0.0833. The normalized spacial score (nSPS) is 16.9. The van der Waals surface area contributed by atoms with Gasteiger partial charge in [-0.05, 0) is 46.4 Å². The number of carbonyl (C=O) groups is 3. The van der Waals surface area contributed by atoms with Gasteiger partial charge in [0.15, 0.2) is 0 Å². The monoisotopic (exact) mass is 372 g/mol. The van der Waals surface area contributed by atoms with Gasteiger partial charge in [0.05, 0.1) is 0 Å². The highest BCUT2D eigenvalue weighted by Crippen LogP contribution is 2.15. The number of carboxylic acids is 1. The number of halogens is 1. The second-order valence-corrected chi connectivity index (χ2v) is 5.07. The van der Waals surface area contributed by atoms with Crippen LogP contribution in [0.4, 0.5) is 4.79 Å². The zero-order valence-corrected chi connectivity index (χ0v) is 11.7. The molecule has 1 heterocycles. The summed E-state index contributed by atoms with van der Waals surface area (Å²) in [6.45, 7) is -0.645. The van der Waals surface area contributed by atoms with Crippen LogP contribution in [0.15, 0.2) is 30.0 Å². The SMILES string of the molecule is O=C(O)CN1C(=O)N/C(=C/c2cccc(I)c2)C1=O. The molecule has 0 bridgehead atoms. The predicted molar refractivity (Wildman–Crippen MR) is 75.0 cm³/mol. The second kappa shape index (κ2) is 5.39. The average Bonchev–Trinajstić information content (AvgIpc) is 2.57. The Labute approximate surface area is 122 Å². The first-order valence-electron chi connectivity index (χ1n) is 5.29. The average molecular weight is 372 g/mol. The number of hydrogen-bond acceptors (Lipinski definition) is 3. The summed E-state index contributed by atoms with van der Waals surface area (Å²) in [4.78, 5) is 34.5. The van der Waals surface area contributed by atoms with Gasteiger partial charge in [-0.2, -0.15) is 0 Å². The Kier molecular flexibility index (Phi) is 3.84. The molecule has 0 aliphatic carbocycles. The third kappa shape index (κ3) is 3.11. The lowest BCUT2D eigenvalue weighted by molar-refractivity contribution is -0.140. The van der Waals surface area contributed by atoms with Gasteiger partial charge < -0.3 is 10.4 Å². The Morgan fingerprint density at radius 1 is 1.42 bits per heavy atom. The maximum Gasteiger partial charge on any atom is 0.329 e. The number of hydrogen-bond donors (Lipinski definition) is 2. The molecular formula is C12H9IN2O4. The van der Waals surface area contributed by atoms with Gasteiger partial charge in [0.25, 0.3) is 5.91 Å². The minimum absolute atomic E-state index is 0.0771. The molecule has 3 amide bonds. The summed E-state index contributed by atoms with van der Waals surface area (Å²) in [5.41, 5.74) is 0.834. The fourth-order valence-corrected chi connectivity index (χ4v) is 2.18. The molecule has 98 valence electrons. The van der Waals surface area contributed by atoms with E-state index < -0.39 is 24.5 Å². The van der Waals surface area contributed by atoms with Gasteiger partial charge in [-0.15, -0.1) is 0 Å². The molecule has 7 heteroatoms. The predicted octanol–water partition coefficient (Wildman–Crippen LogP) is 1.27. The van der Waals surface area contributed by atoms with Gasteiger partial charge in [0.2, 0.25) is 0 Å². The van der Waals surface area contributed by atoms with E-state index in [0.717, 1.165) is 9.13 Å². The minimum atomic E-state index is -1.24. The maximum absolute atomic E-state index is 11.8. The van der Waals surface area contributed by atoms with Gasteiger partial charge in [-0.3, -0.25) is 9.59 Å². The summed E-state index contributed by atoms with van der Waals surface area (Å²) < 4.78 is 0.992. The number of urea groups is 1. The van der Waals surface area contributed by atoms with Crippen LogP contribution in [0, 0.1) is 3.57 Å². The summed E-state index contributed by atoms with van der Waals surface area (Å²) in [6, 6.07) is 6.63. The van der Waals surface area contributed by atoms with Crippen molar-refractivity contribution in [1.29, 1.82) is 0 Å². The summed E-state index contributed by atoms with van der Waals surface area (Å²) >= 11 is 2.13. The molecule has 2 N–H and O–H groups in total. The smallest absolute Gasteiger partial charge is 0.329 e. The lowest BCUT2D eigenvalue weighted by Gasteiger charge is -2.06. The topological polar surface area (TPSA) is 86.7 Å². The number of nitrogens with zero attached hydrogens (tertiary/aromatic N) is 1. The van der Waals surface area contributed by atoms with E-state index in [1.54, 1.807) is 6.07 Å². The highest BCUT2D eigenvalue weighted by atomic mass is 127. The molecule has 1 aliphatic rings. The molecule has 0 unspecified atom stereocenters. The lowest BCUT2D eigenvalue weighted by Crippen LogP contribution is -2.35. The van der Waals surface area contributed by atoms with Gasteiger partial charge in [0, 0.05) is 3.57 Å². The van der Waals surface area contributed by atoms with Crippen molar-refractivity contribution in [3.8, 4) is 0 Å². The fourth-order valence-electron chi connectivity index (χ4n) is 1.61. The molecule has 2 rings (SSSR count). The molecule has 1 aliphatic heterocycles. The molecule has 1 fully saturated rings. The van der Waals surface area contributed by atoms with E-state index in [9.17, 15) is 14.4 Å². The molecule has 0 radical (unpaired) electrons. The molecule has 19 heavy (non-hydrogen) atoms. The van der Waals surface area contributed by atoms with Crippen molar-refractivity contribution >= 4 is 46.6 Å². The number of carboxylic acid groups (broad SMARTS) is 1. The van der Waals surface area contributed by atoms with E-state index >= 15 is 0 Å². The van der Waals surface area contributed by atoms with Crippen LogP contribution in [-0.2, 0) is 9.59 Å². The van der Waals surface area contributed by atoms with E-state index in [2.05, 4.69) is 27.9 Å². The highest BCUT2D eigenvalue weighted by Gasteiger charge is 2.34. The van der Waals surface area contributed by atoms with Crippen LogP contribution in [0.1, 0.15) is 5.56 Å². The molecule has 0 aromatic heterocycles. The molecule has 0 atom stereocenters. The number of rotatable bonds is 3. The largest absolute Gasteiger partial charge is 0.480 e. The van der Waals surface area contributed by atoms with E-state index in [0.29, 0.717) is 4.90 Å². The summed E-state index contributed by atoms with van der Waals surface area (Å²) in [5, 5.41) is 11.0. The van der Waals surface area contributed by atoms with Crippen LogP contribution in [0.3, 0.4) is 0 Å². The van der Waals surface area contributed by atoms with Crippen LogP contribution in [-0.4, -0.2) is 34.5 Å². The Morgan fingerprint density at radius 2 is 2.16 bits per heavy atom. The molecule has 6 nitrogen and oxygen atoms in total. The van der Waals surface area contributed by atoms with Gasteiger partial charge in [-0.25, -0.2) is 9.69 Å². The van der Waals surface area contributed by atoms with Crippen LogP contribution in [0.25, 0.3) is 6.08 Å². The third-order valence-corrected chi connectivity index (χ3v) is 3.09. The van der Waals surface area contributed by atoms with Crippen LogP contribution < -0.4 is 5.32 Å². The number of imide groups is 1. The van der Waals surface area contributed by atoms with Crippen LogP contribution in [0.5, 0.6) is 0 Å². The molecule has 1 aromatic carbocycles. The Hall–Kier alpha value is -1.90. The zero-order chi connectivity index (χ0) is 14.0. The Bertz CT molecular complexity index is 597. The summed E-state index contributed by atoms with van der Waals surface area (Å²) in [5.74, 6) is -1.87. The summed E-state index contributed by atoms with van der Waals surface area (Å²) in [7, 11) is 0. The first-order chi connectivity index (χ1) is 8.97. The molecular weight excluding hydrogens is 363 g/mol. The molecule has 1 saturated heterocycles. The molecule has 0 saturated carbocycles. The minimum Gasteiger partial charge on any atom is -0.480 e. The van der Waals surface area contributed by atoms with Crippen LogP contribution in [0.2, 0.25) is 0 Å². The van der Waals surface area contributed by atoms with Gasteiger partial charge in [0.1, 0.15) is 12.2 Å².